The number of nitrogens with zero attached hydrogens (tertiary/aromatic N) is 1. The van der Waals surface area contributed by atoms with Crippen LogP contribution in [0.3, 0.4) is 0 Å². The number of hydrogen-bond acceptors (Lipinski definition) is 4. The molecule has 1 amide bonds. The van der Waals surface area contributed by atoms with Crippen LogP contribution in [0, 0.1) is 0 Å². The summed E-state index contributed by atoms with van der Waals surface area (Å²) in [6.07, 6.45) is 0.762. The Hall–Kier alpha value is -2.82. The number of aldehydes is 1. The molecule has 0 spiro atoms. The first kappa shape index (κ1) is 17.5. The molecule has 5 nitrogen and oxygen atoms in total. The monoisotopic (exact) mass is 326 g/mol. The summed E-state index contributed by atoms with van der Waals surface area (Å²) in [5, 5.41) is 2.80. The molecular formula is C19H22N2O3. The minimum absolute atomic E-state index is 0.0851. The van der Waals surface area contributed by atoms with Crippen LogP contribution in [0.15, 0.2) is 48.5 Å². The maximum Gasteiger partial charge on any atom is 0.262 e. The predicted octanol–water partition coefficient (Wildman–Crippen LogP) is 3.36. The molecule has 0 aromatic heterocycles. The van der Waals surface area contributed by atoms with E-state index in [9.17, 15) is 9.59 Å². The van der Waals surface area contributed by atoms with Gasteiger partial charge in [-0.3, -0.25) is 9.59 Å². The van der Waals surface area contributed by atoms with Gasteiger partial charge in [-0.15, -0.1) is 0 Å². The van der Waals surface area contributed by atoms with E-state index in [1.165, 1.54) is 0 Å². The normalized spacial score (nSPS) is 10.1. The fourth-order valence-corrected chi connectivity index (χ4v) is 2.33. The average Bonchev–Trinajstić information content (AvgIpc) is 2.63. The van der Waals surface area contributed by atoms with Crippen molar-refractivity contribution in [3.05, 3.63) is 54.1 Å². The molecule has 24 heavy (non-hydrogen) atoms. The van der Waals surface area contributed by atoms with Gasteiger partial charge in [0.05, 0.1) is 0 Å². The van der Waals surface area contributed by atoms with E-state index >= 15 is 0 Å². The van der Waals surface area contributed by atoms with E-state index in [1.807, 2.05) is 24.3 Å². The fourth-order valence-electron chi connectivity index (χ4n) is 2.33. The maximum atomic E-state index is 11.9. The van der Waals surface area contributed by atoms with Crippen molar-refractivity contribution >= 4 is 23.6 Å². The molecule has 1 N–H and O–H groups in total. The van der Waals surface area contributed by atoms with E-state index in [-0.39, 0.29) is 12.5 Å². The predicted molar refractivity (Wildman–Crippen MR) is 96.0 cm³/mol. The molecule has 0 heterocycles. The molecule has 0 saturated heterocycles. The van der Waals surface area contributed by atoms with Gasteiger partial charge in [0.2, 0.25) is 0 Å². The first-order chi connectivity index (χ1) is 11.7. The summed E-state index contributed by atoms with van der Waals surface area (Å²) in [7, 11) is 0. The summed E-state index contributed by atoms with van der Waals surface area (Å²) < 4.78 is 5.40. The Labute approximate surface area is 142 Å². The fraction of sp³-hybridized carbons (Fsp3) is 0.263. The molecule has 0 radical (unpaired) electrons. The zero-order valence-electron chi connectivity index (χ0n) is 14.0. The number of anilines is 2. The number of carbonyl (C=O) groups is 2. The van der Waals surface area contributed by atoms with Crippen LogP contribution in [0.1, 0.15) is 24.2 Å². The molecule has 0 saturated carbocycles. The number of carbonyl (C=O) groups excluding carboxylic acids is 2. The van der Waals surface area contributed by atoms with Crippen molar-refractivity contribution < 1.29 is 14.3 Å². The molecule has 0 aliphatic carbocycles. The molecule has 0 bridgehead atoms. The molecule has 0 unspecified atom stereocenters. The van der Waals surface area contributed by atoms with Gasteiger partial charge in [-0.05, 0) is 62.4 Å². The van der Waals surface area contributed by atoms with Gasteiger partial charge >= 0.3 is 0 Å². The van der Waals surface area contributed by atoms with Crippen molar-refractivity contribution in [1.29, 1.82) is 0 Å². The molecule has 0 atom stereocenters. The van der Waals surface area contributed by atoms with Crippen molar-refractivity contribution in [3.8, 4) is 5.75 Å². The zero-order valence-corrected chi connectivity index (χ0v) is 14.0. The summed E-state index contributed by atoms with van der Waals surface area (Å²) in [5.41, 5.74) is 2.43. The second-order valence-electron chi connectivity index (χ2n) is 5.24. The third-order valence-corrected chi connectivity index (χ3v) is 3.67. The third kappa shape index (κ3) is 4.84. The Kier molecular flexibility index (Phi) is 6.37. The van der Waals surface area contributed by atoms with Gasteiger partial charge in [0.25, 0.3) is 5.91 Å². The number of amides is 1. The number of hydrogen-bond donors (Lipinski definition) is 1. The average molecular weight is 326 g/mol. The minimum atomic E-state index is -0.231. The highest BCUT2D eigenvalue weighted by molar-refractivity contribution is 5.92. The van der Waals surface area contributed by atoms with Crippen LogP contribution in [-0.4, -0.2) is 31.9 Å². The number of benzene rings is 2. The second-order valence-corrected chi connectivity index (χ2v) is 5.24. The van der Waals surface area contributed by atoms with Crippen LogP contribution in [0.4, 0.5) is 11.4 Å². The summed E-state index contributed by atoms with van der Waals surface area (Å²) in [4.78, 5) is 24.8. The van der Waals surface area contributed by atoms with Crippen LogP contribution < -0.4 is 15.0 Å². The summed E-state index contributed by atoms with van der Waals surface area (Å²) in [6.45, 7) is 6.02. The molecule has 2 aromatic carbocycles. The minimum Gasteiger partial charge on any atom is -0.484 e. The highest BCUT2D eigenvalue weighted by Crippen LogP contribution is 2.18. The van der Waals surface area contributed by atoms with Crippen molar-refractivity contribution in [2.45, 2.75) is 13.8 Å². The lowest BCUT2D eigenvalue weighted by atomic mass is 10.2. The highest BCUT2D eigenvalue weighted by atomic mass is 16.5. The third-order valence-electron chi connectivity index (χ3n) is 3.67. The van der Waals surface area contributed by atoms with E-state index < -0.39 is 0 Å². The SMILES string of the molecule is CCN(CC)c1ccc(NC(=O)COc2ccc(C=O)cc2)cc1. The van der Waals surface area contributed by atoms with Crippen molar-refractivity contribution in [2.75, 3.05) is 29.9 Å². The van der Waals surface area contributed by atoms with Gasteiger partial charge in [0.15, 0.2) is 6.61 Å². The van der Waals surface area contributed by atoms with E-state index in [2.05, 4.69) is 24.1 Å². The molecule has 5 heteroatoms. The summed E-state index contributed by atoms with van der Waals surface area (Å²) in [5.74, 6) is 0.317. The lowest BCUT2D eigenvalue weighted by Gasteiger charge is -2.21. The molecule has 0 fully saturated rings. The number of nitrogens with one attached hydrogen (secondary N) is 1. The second kappa shape index (κ2) is 8.72. The van der Waals surface area contributed by atoms with E-state index in [1.54, 1.807) is 24.3 Å². The van der Waals surface area contributed by atoms with Crippen LogP contribution in [-0.2, 0) is 4.79 Å². The van der Waals surface area contributed by atoms with Crippen LogP contribution in [0.25, 0.3) is 0 Å². The van der Waals surface area contributed by atoms with E-state index in [0.29, 0.717) is 11.3 Å². The van der Waals surface area contributed by atoms with Gasteiger partial charge in [0, 0.05) is 30.0 Å². The van der Waals surface area contributed by atoms with Crippen LogP contribution >= 0.6 is 0 Å². The zero-order chi connectivity index (χ0) is 17.4. The van der Waals surface area contributed by atoms with Crippen LogP contribution in [0.5, 0.6) is 5.75 Å². The molecule has 2 rings (SSSR count). The Bertz CT molecular complexity index is 662. The Morgan fingerprint density at radius 3 is 2.21 bits per heavy atom. The van der Waals surface area contributed by atoms with Gasteiger partial charge in [-0.2, -0.15) is 0 Å². The lowest BCUT2D eigenvalue weighted by Crippen LogP contribution is -2.22. The number of ether oxygens (including phenoxy) is 1. The molecule has 2 aromatic rings. The quantitative estimate of drug-likeness (QED) is 0.756. The van der Waals surface area contributed by atoms with Gasteiger partial charge < -0.3 is 15.0 Å². The molecule has 126 valence electrons. The first-order valence-electron chi connectivity index (χ1n) is 7.99. The van der Waals surface area contributed by atoms with Gasteiger partial charge in [0.1, 0.15) is 12.0 Å². The van der Waals surface area contributed by atoms with Crippen LogP contribution in [0.2, 0.25) is 0 Å². The molecular weight excluding hydrogens is 304 g/mol. The Balaban J connectivity index is 1.86. The summed E-state index contributed by atoms with van der Waals surface area (Å²) in [6, 6.07) is 14.3. The highest BCUT2D eigenvalue weighted by Gasteiger charge is 2.05. The van der Waals surface area contributed by atoms with Gasteiger partial charge in [-0.25, -0.2) is 0 Å². The largest absolute Gasteiger partial charge is 0.484 e. The maximum absolute atomic E-state index is 11.9. The van der Waals surface area contributed by atoms with E-state index in [4.69, 9.17) is 4.74 Å². The first-order valence-corrected chi connectivity index (χ1v) is 7.99. The van der Waals surface area contributed by atoms with Gasteiger partial charge in [-0.1, -0.05) is 0 Å². The van der Waals surface area contributed by atoms with E-state index in [0.717, 1.165) is 30.8 Å². The Morgan fingerprint density at radius 1 is 1.04 bits per heavy atom. The smallest absolute Gasteiger partial charge is 0.262 e. The van der Waals surface area contributed by atoms with Crippen molar-refractivity contribution in [3.63, 3.8) is 0 Å². The topological polar surface area (TPSA) is 58.6 Å². The Morgan fingerprint density at radius 2 is 1.67 bits per heavy atom. The number of rotatable bonds is 8. The molecule has 0 aliphatic heterocycles. The van der Waals surface area contributed by atoms with Crippen molar-refractivity contribution in [1.82, 2.24) is 0 Å². The molecule has 0 aliphatic rings. The standard InChI is InChI=1S/C19H22N2O3/c1-3-21(4-2)17-9-7-16(8-10-17)20-19(23)14-24-18-11-5-15(13-22)6-12-18/h5-13H,3-4,14H2,1-2H3,(H,20,23). The van der Waals surface area contributed by atoms with Crippen molar-refractivity contribution in [2.24, 2.45) is 0 Å². The lowest BCUT2D eigenvalue weighted by molar-refractivity contribution is -0.118. The summed E-state index contributed by atoms with van der Waals surface area (Å²) >= 11 is 0.